The lowest BCUT2D eigenvalue weighted by atomic mass is 10.5. The van der Waals surface area contributed by atoms with Crippen LogP contribution in [0.4, 0.5) is 0 Å². The molecule has 0 aliphatic heterocycles. The van der Waals surface area contributed by atoms with Crippen LogP contribution in [0.15, 0.2) is 0 Å². The van der Waals surface area contributed by atoms with Crippen LogP contribution in [0.2, 0.25) is 0 Å². The Kier molecular flexibility index (Phi) is 4.72. The minimum atomic E-state index is 0.588. The second-order valence-corrected chi connectivity index (χ2v) is 1.87. The molecular weight excluding hydrogens is 112 g/mol. The summed E-state index contributed by atoms with van der Waals surface area (Å²) in [5.41, 5.74) is 0. The number of nitrogens with zero attached hydrogens (tertiary/aromatic N) is 2. The Morgan fingerprint density at radius 1 is 1.11 bits per heavy atom. The highest BCUT2D eigenvalue weighted by atomic mass is 15.1. The van der Waals surface area contributed by atoms with Crippen molar-refractivity contribution in [3.8, 4) is 0 Å². The highest BCUT2D eigenvalue weighted by Gasteiger charge is 1.94. The van der Waals surface area contributed by atoms with Crippen molar-refractivity contribution < 1.29 is 0 Å². The van der Waals surface area contributed by atoms with Crippen molar-refractivity contribution in [2.45, 2.75) is 6.92 Å². The number of hydrogen-bond donors (Lipinski definition) is 0. The maximum absolute atomic E-state index is 5.42. The molecule has 0 spiro atoms. The average molecular weight is 124 g/mol. The van der Waals surface area contributed by atoms with E-state index in [-0.39, 0.29) is 0 Å². The molecule has 0 aromatic rings. The van der Waals surface area contributed by atoms with E-state index < -0.39 is 0 Å². The van der Waals surface area contributed by atoms with E-state index in [0.29, 0.717) is 13.1 Å². The topological polar surface area (TPSA) is 6.48 Å². The third-order valence-electron chi connectivity index (χ3n) is 1.05. The summed E-state index contributed by atoms with van der Waals surface area (Å²) in [6.07, 6.45) is 0. The van der Waals surface area contributed by atoms with Crippen molar-refractivity contribution in [1.29, 1.82) is 0 Å². The molecule has 0 rings (SSSR count). The van der Waals surface area contributed by atoms with Gasteiger partial charge in [-0.05, 0) is 6.54 Å². The Morgan fingerprint density at radius 2 is 1.67 bits per heavy atom. The van der Waals surface area contributed by atoms with Crippen molar-refractivity contribution in [3.63, 3.8) is 0 Å². The third kappa shape index (κ3) is 5.80. The lowest BCUT2D eigenvalue weighted by Crippen LogP contribution is -2.24. The molecule has 0 saturated carbocycles. The highest BCUT2D eigenvalue weighted by molar-refractivity contribution is 4.57. The molecule has 2 nitrogen and oxygen atoms in total. The fourth-order valence-corrected chi connectivity index (χ4v) is 0.402. The van der Waals surface area contributed by atoms with Gasteiger partial charge in [0.25, 0.3) is 0 Å². The van der Waals surface area contributed by atoms with Crippen molar-refractivity contribution in [1.82, 2.24) is 9.80 Å². The predicted octanol–water partition coefficient (Wildman–Crippen LogP) is 0.616. The molecule has 0 aromatic carbocycles. The molecule has 0 aromatic heterocycles. The Morgan fingerprint density at radius 3 is 2.00 bits per heavy atom. The van der Waals surface area contributed by atoms with Crippen LogP contribution >= 0.6 is 0 Å². The summed E-state index contributed by atoms with van der Waals surface area (Å²) in [5, 5.41) is 0. The maximum Gasteiger partial charge on any atom is 0.0443 e. The first-order valence-electron chi connectivity index (χ1n) is 2.93. The summed E-state index contributed by atoms with van der Waals surface area (Å²) in [6, 6.07) is 0. The number of hydrogen-bond acceptors (Lipinski definition) is 2. The first-order chi connectivity index (χ1) is 4.16. The molecule has 50 valence electrons. The summed E-state index contributed by atoms with van der Waals surface area (Å²) < 4.78 is 0. The summed E-state index contributed by atoms with van der Waals surface area (Å²) in [5.74, 6) is 0. The van der Waals surface area contributed by atoms with E-state index in [9.17, 15) is 0 Å². The zero-order chi connectivity index (χ0) is 7.28. The predicted molar refractivity (Wildman–Crippen MR) is 36.9 cm³/mol. The van der Waals surface area contributed by atoms with Crippen molar-refractivity contribution in [3.05, 3.63) is 21.1 Å². The Bertz CT molecular complexity index is 61.9. The van der Waals surface area contributed by atoms with Crippen LogP contribution in [0.3, 0.4) is 0 Å². The fraction of sp³-hybridized carbons (Fsp3) is 0.571. The van der Waals surface area contributed by atoms with Crippen LogP contribution in [0.1, 0.15) is 6.92 Å². The standard InChI is InChI=1S/C7H12N2/c1-5-9(4)7-6-8(2)3/h2-4H,5-7H2,1H3. The quantitative estimate of drug-likeness (QED) is 0.507. The molecule has 0 atom stereocenters. The van der Waals surface area contributed by atoms with Crippen LogP contribution in [0, 0.1) is 21.1 Å². The largest absolute Gasteiger partial charge is 0.296 e. The van der Waals surface area contributed by atoms with Gasteiger partial charge in [-0.25, -0.2) is 0 Å². The molecule has 0 amide bonds. The maximum atomic E-state index is 5.42. The molecule has 0 unspecified atom stereocenters. The molecular formula is C7H12N2. The van der Waals surface area contributed by atoms with Gasteiger partial charge in [-0.1, -0.05) is 6.92 Å². The highest BCUT2D eigenvalue weighted by Crippen LogP contribution is 1.85. The molecule has 0 saturated heterocycles. The molecule has 0 fully saturated rings. The third-order valence-corrected chi connectivity index (χ3v) is 1.05. The van der Waals surface area contributed by atoms with E-state index in [1.807, 2.05) is 6.92 Å². The number of likely N-dealkylation sites (N-methyl/N-ethyl adjacent to an activating group) is 1. The lowest BCUT2D eigenvalue weighted by molar-refractivity contribution is 0.342. The van der Waals surface area contributed by atoms with Crippen molar-refractivity contribution >= 4 is 0 Å². The Labute approximate surface area is 58.4 Å². The Hall–Kier alpha value is -0.0800. The van der Waals surface area contributed by atoms with Gasteiger partial charge in [0.05, 0.1) is 0 Å². The van der Waals surface area contributed by atoms with E-state index >= 15 is 0 Å². The molecule has 0 N–H and O–H groups in total. The zero-order valence-corrected chi connectivity index (χ0v) is 5.75. The molecule has 6 radical (unpaired) electrons. The molecule has 0 aliphatic rings. The summed E-state index contributed by atoms with van der Waals surface area (Å²) >= 11 is 0. The van der Waals surface area contributed by atoms with Gasteiger partial charge in [-0.15, -0.1) is 0 Å². The molecule has 0 bridgehead atoms. The van der Waals surface area contributed by atoms with E-state index in [1.54, 1.807) is 4.90 Å². The smallest absolute Gasteiger partial charge is 0.0443 e. The van der Waals surface area contributed by atoms with Gasteiger partial charge >= 0.3 is 0 Å². The molecule has 9 heavy (non-hydrogen) atoms. The number of rotatable bonds is 4. The van der Waals surface area contributed by atoms with Gasteiger partial charge in [0.1, 0.15) is 0 Å². The first kappa shape index (κ1) is 8.92. The Balaban J connectivity index is 3.06. The van der Waals surface area contributed by atoms with Crippen LogP contribution in [-0.2, 0) is 0 Å². The summed E-state index contributed by atoms with van der Waals surface area (Å²) in [6.45, 7) is 4.07. The van der Waals surface area contributed by atoms with E-state index in [4.69, 9.17) is 21.1 Å². The summed E-state index contributed by atoms with van der Waals surface area (Å²) in [4.78, 5) is 2.77. The first-order valence-corrected chi connectivity index (χ1v) is 2.93. The second-order valence-electron chi connectivity index (χ2n) is 1.87. The van der Waals surface area contributed by atoms with Gasteiger partial charge < -0.3 is 0 Å². The SMILES string of the molecule is [CH]N([CH])CCN([CH])CC. The fourth-order valence-electron chi connectivity index (χ4n) is 0.402. The molecule has 2 heteroatoms. The molecule has 0 heterocycles. The van der Waals surface area contributed by atoms with Crippen molar-refractivity contribution in [2.24, 2.45) is 0 Å². The van der Waals surface area contributed by atoms with E-state index in [1.165, 1.54) is 0 Å². The lowest BCUT2D eigenvalue weighted by Gasteiger charge is -2.15. The van der Waals surface area contributed by atoms with Gasteiger partial charge in [0.2, 0.25) is 0 Å². The van der Waals surface area contributed by atoms with Gasteiger partial charge in [0, 0.05) is 34.2 Å². The normalized spacial score (nSPS) is 11.3. The van der Waals surface area contributed by atoms with E-state index in [0.717, 1.165) is 11.4 Å². The monoisotopic (exact) mass is 124 g/mol. The zero-order valence-electron chi connectivity index (χ0n) is 5.75. The molecule has 0 aliphatic carbocycles. The van der Waals surface area contributed by atoms with Crippen LogP contribution < -0.4 is 0 Å². The average Bonchev–Trinajstić information content (AvgIpc) is 1.83. The van der Waals surface area contributed by atoms with Crippen LogP contribution in [0.5, 0.6) is 0 Å². The minimum Gasteiger partial charge on any atom is -0.296 e. The van der Waals surface area contributed by atoms with Crippen LogP contribution in [-0.4, -0.2) is 29.4 Å². The van der Waals surface area contributed by atoms with Crippen molar-refractivity contribution in [2.75, 3.05) is 19.6 Å². The van der Waals surface area contributed by atoms with Crippen LogP contribution in [0.25, 0.3) is 0 Å². The second kappa shape index (κ2) is 4.77. The van der Waals surface area contributed by atoms with Gasteiger partial charge in [0.15, 0.2) is 0 Å². The summed E-state index contributed by atoms with van der Waals surface area (Å²) in [7, 11) is 15.7. The van der Waals surface area contributed by atoms with Gasteiger partial charge in [-0.2, -0.15) is 0 Å². The van der Waals surface area contributed by atoms with Gasteiger partial charge in [-0.3, -0.25) is 9.80 Å². The minimum absolute atomic E-state index is 0.588. The van der Waals surface area contributed by atoms with E-state index in [2.05, 4.69) is 0 Å².